The molecule has 1 aliphatic heterocycles. The first-order valence-corrected chi connectivity index (χ1v) is 5.17. The third-order valence-corrected chi connectivity index (χ3v) is 2.30. The average Bonchev–Trinajstić information content (AvgIpc) is 2.32. The summed E-state index contributed by atoms with van der Waals surface area (Å²) in [5, 5.41) is 13.5. The molecule has 1 N–H and O–H groups in total. The van der Waals surface area contributed by atoms with Gasteiger partial charge in [-0.2, -0.15) is 0 Å². The Labute approximate surface area is 111 Å². The Morgan fingerprint density at radius 3 is 3.11 bits per heavy atom. The van der Waals surface area contributed by atoms with Gasteiger partial charge in [0, 0.05) is 25.1 Å². The number of pyridine rings is 1. The van der Waals surface area contributed by atoms with Crippen molar-refractivity contribution in [3.63, 3.8) is 0 Å². The molecule has 96 valence electrons. The van der Waals surface area contributed by atoms with Crippen LogP contribution in [0, 0.1) is 10.1 Å². The van der Waals surface area contributed by atoms with Crippen molar-refractivity contribution in [1.29, 1.82) is 0 Å². The number of hydrogen-bond acceptors (Lipinski definition) is 5. The van der Waals surface area contributed by atoms with E-state index in [-0.39, 0.29) is 12.4 Å². The van der Waals surface area contributed by atoms with Crippen LogP contribution in [0.2, 0.25) is 0 Å². The van der Waals surface area contributed by atoms with Gasteiger partial charge in [-0.1, -0.05) is 6.07 Å². The van der Waals surface area contributed by atoms with Crippen LogP contribution in [0.25, 0.3) is 0 Å². The van der Waals surface area contributed by atoms with E-state index in [0.29, 0.717) is 18.9 Å². The van der Waals surface area contributed by atoms with E-state index in [4.69, 9.17) is 0 Å². The van der Waals surface area contributed by atoms with Crippen molar-refractivity contribution in [3.8, 4) is 0 Å². The summed E-state index contributed by atoms with van der Waals surface area (Å²) in [7, 11) is 0. The summed E-state index contributed by atoms with van der Waals surface area (Å²) in [4.78, 5) is 15.8. The van der Waals surface area contributed by atoms with Gasteiger partial charge in [-0.25, -0.2) is 0 Å². The van der Waals surface area contributed by atoms with Gasteiger partial charge in [-0.15, -0.1) is 12.4 Å². The van der Waals surface area contributed by atoms with E-state index in [9.17, 15) is 10.1 Å². The molecule has 0 saturated carbocycles. The summed E-state index contributed by atoms with van der Waals surface area (Å²) in [6.45, 7) is 1.15. The maximum Gasteiger partial charge on any atom is 0.274 e. The van der Waals surface area contributed by atoms with Crippen LogP contribution in [-0.2, 0) is 6.54 Å². The lowest BCUT2D eigenvalue weighted by molar-refractivity contribution is -0.404. The predicted octanol–water partition coefficient (Wildman–Crippen LogP) is 1.50. The summed E-state index contributed by atoms with van der Waals surface area (Å²) in [5.41, 5.74) is 0.995. The fourth-order valence-corrected chi connectivity index (χ4v) is 1.57. The van der Waals surface area contributed by atoms with Crippen molar-refractivity contribution < 1.29 is 4.92 Å². The Balaban J connectivity index is 0.00000162. The number of nitrogens with zero attached hydrogens (tertiary/aromatic N) is 3. The van der Waals surface area contributed by atoms with E-state index in [0.717, 1.165) is 11.8 Å². The minimum atomic E-state index is -0.461. The van der Waals surface area contributed by atoms with Gasteiger partial charge in [0.05, 0.1) is 11.5 Å². The van der Waals surface area contributed by atoms with Crippen LogP contribution in [0.3, 0.4) is 0 Å². The fraction of sp³-hybridized carbons (Fsp3) is 0.182. The number of aromatic nitrogens is 1. The zero-order chi connectivity index (χ0) is 12.1. The number of nitrogens with one attached hydrogen (secondary N) is 1. The highest BCUT2D eigenvalue weighted by Crippen LogP contribution is 2.11. The zero-order valence-corrected chi connectivity index (χ0v) is 10.3. The fourth-order valence-electron chi connectivity index (χ4n) is 1.57. The van der Waals surface area contributed by atoms with Crippen LogP contribution in [0.5, 0.6) is 0 Å². The molecule has 1 aromatic heterocycles. The summed E-state index contributed by atoms with van der Waals surface area (Å²) in [5.74, 6) is 0.487. The Morgan fingerprint density at radius 2 is 2.44 bits per heavy atom. The number of rotatable bonds is 3. The molecule has 0 aliphatic carbocycles. The van der Waals surface area contributed by atoms with Crippen molar-refractivity contribution >= 4 is 12.4 Å². The van der Waals surface area contributed by atoms with Crippen LogP contribution < -0.4 is 5.32 Å². The van der Waals surface area contributed by atoms with E-state index in [1.807, 2.05) is 24.4 Å². The Kier molecular flexibility index (Phi) is 5.13. The Morgan fingerprint density at radius 1 is 1.61 bits per heavy atom. The lowest BCUT2D eigenvalue weighted by Gasteiger charge is -2.25. The molecule has 6 nitrogen and oxygen atoms in total. The Hall–Kier alpha value is -2.08. The predicted molar refractivity (Wildman–Crippen MR) is 69.2 cm³/mol. The van der Waals surface area contributed by atoms with Crippen LogP contribution in [0.4, 0.5) is 0 Å². The molecular formula is C11H13ClN4O2. The van der Waals surface area contributed by atoms with Crippen LogP contribution >= 0.6 is 12.4 Å². The van der Waals surface area contributed by atoms with Crippen molar-refractivity contribution in [2.24, 2.45) is 0 Å². The molecule has 2 rings (SSSR count). The average molecular weight is 269 g/mol. The maximum absolute atomic E-state index is 10.5. The summed E-state index contributed by atoms with van der Waals surface area (Å²) in [6, 6.07) is 3.77. The number of nitro groups is 1. The van der Waals surface area contributed by atoms with Crippen molar-refractivity contribution in [2.45, 2.75) is 6.54 Å². The standard InChI is InChI=1S/C11H12N4O2.ClH/c16-15(17)9-11-13-5-2-6-14(11)8-10-3-1-4-12-7-10;/h1-4,6-7,9,13H,5,8H2;1H. The highest BCUT2D eigenvalue weighted by molar-refractivity contribution is 5.85. The van der Waals surface area contributed by atoms with Gasteiger partial charge in [-0.05, 0) is 17.7 Å². The first-order chi connectivity index (χ1) is 8.25. The van der Waals surface area contributed by atoms with Crippen LogP contribution in [0.1, 0.15) is 5.56 Å². The molecule has 18 heavy (non-hydrogen) atoms. The lowest BCUT2D eigenvalue weighted by atomic mass is 10.2. The minimum absolute atomic E-state index is 0. The quantitative estimate of drug-likeness (QED) is 0.664. The van der Waals surface area contributed by atoms with Crippen molar-refractivity contribution in [3.05, 3.63) is 64.5 Å². The van der Waals surface area contributed by atoms with E-state index in [1.165, 1.54) is 0 Å². The van der Waals surface area contributed by atoms with E-state index < -0.39 is 4.92 Å². The van der Waals surface area contributed by atoms with Gasteiger partial charge in [0.1, 0.15) is 0 Å². The summed E-state index contributed by atoms with van der Waals surface area (Å²) in [6.07, 6.45) is 8.15. The molecule has 0 bridgehead atoms. The molecule has 0 amide bonds. The third-order valence-electron chi connectivity index (χ3n) is 2.30. The van der Waals surface area contributed by atoms with Crippen molar-refractivity contribution in [1.82, 2.24) is 15.2 Å². The van der Waals surface area contributed by atoms with Crippen LogP contribution in [-0.4, -0.2) is 21.4 Å². The molecule has 0 unspecified atom stereocenters. The molecule has 0 radical (unpaired) electrons. The number of halogens is 1. The second kappa shape index (κ2) is 6.61. The monoisotopic (exact) mass is 268 g/mol. The van der Waals surface area contributed by atoms with Crippen LogP contribution in [0.15, 0.2) is 48.8 Å². The van der Waals surface area contributed by atoms with Gasteiger partial charge in [0.25, 0.3) is 6.20 Å². The molecular weight excluding hydrogens is 256 g/mol. The van der Waals surface area contributed by atoms with Crippen molar-refractivity contribution in [2.75, 3.05) is 6.54 Å². The molecule has 0 fully saturated rings. The maximum atomic E-state index is 10.5. The largest absolute Gasteiger partial charge is 0.363 e. The first-order valence-electron chi connectivity index (χ1n) is 5.17. The molecule has 0 aromatic carbocycles. The van der Waals surface area contributed by atoms with E-state index >= 15 is 0 Å². The smallest absolute Gasteiger partial charge is 0.274 e. The van der Waals surface area contributed by atoms with Gasteiger partial charge in [0.2, 0.25) is 0 Å². The molecule has 2 heterocycles. The van der Waals surface area contributed by atoms with Gasteiger partial charge >= 0.3 is 0 Å². The molecule has 0 saturated heterocycles. The Bertz CT molecular complexity index is 461. The lowest BCUT2D eigenvalue weighted by Crippen LogP contribution is -2.32. The normalized spacial score (nSPS) is 16.0. The topological polar surface area (TPSA) is 71.3 Å². The molecule has 1 aromatic rings. The van der Waals surface area contributed by atoms with Gasteiger partial charge in [-0.3, -0.25) is 15.1 Å². The van der Waals surface area contributed by atoms with E-state index in [1.54, 1.807) is 17.3 Å². The first kappa shape index (κ1) is 14.0. The molecule has 7 heteroatoms. The summed E-state index contributed by atoms with van der Waals surface area (Å²) >= 11 is 0. The zero-order valence-electron chi connectivity index (χ0n) is 9.52. The highest BCUT2D eigenvalue weighted by atomic mass is 35.5. The van der Waals surface area contributed by atoms with E-state index in [2.05, 4.69) is 10.3 Å². The van der Waals surface area contributed by atoms with Gasteiger partial charge < -0.3 is 10.2 Å². The second-order valence-electron chi connectivity index (χ2n) is 3.55. The molecule has 1 aliphatic rings. The molecule has 0 atom stereocenters. The highest BCUT2D eigenvalue weighted by Gasteiger charge is 2.13. The van der Waals surface area contributed by atoms with Gasteiger partial charge in [0.15, 0.2) is 5.82 Å². The third kappa shape index (κ3) is 3.74. The number of hydrogen-bond donors (Lipinski definition) is 1. The second-order valence-corrected chi connectivity index (χ2v) is 3.55. The molecule has 0 spiro atoms. The summed E-state index contributed by atoms with van der Waals surface area (Å²) < 4.78 is 0. The minimum Gasteiger partial charge on any atom is -0.363 e. The SMILES string of the molecule is Cl.O=[N+]([O-])C=C1NCC=CN1Cc1cccnc1.